The summed E-state index contributed by atoms with van der Waals surface area (Å²) in [6.07, 6.45) is 2.03. The highest BCUT2D eigenvalue weighted by Crippen LogP contribution is 2.22. The molecule has 0 aliphatic carbocycles. The van der Waals surface area contributed by atoms with E-state index < -0.39 is 0 Å². The zero-order valence-corrected chi connectivity index (χ0v) is 11.3. The molecule has 0 radical (unpaired) electrons. The maximum absolute atomic E-state index is 8.82. The van der Waals surface area contributed by atoms with Crippen molar-refractivity contribution in [3.63, 3.8) is 0 Å². The number of hydrogen-bond acceptors (Lipinski definition) is 4. The number of benzene rings is 1. The van der Waals surface area contributed by atoms with Gasteiger partial charge in [-0.2, -0.15) is 10.5 Å². The first-order valence-corrected chi connectivity index (χ1v) is 6.66. The lowest BCUT2D eigenvalue weighted by Gasteiger charge is -2.31. The fourth-order valence-corrected chi connectivity index (χ4v) is 2.49. The number of rotatable bonds is 3. The van der Waals surface area contributed by atoms with Crippen molar-refractivity contribution in [1.29, 1.82) is 10.5 Å². The molecule has 98 valence electrons. The van der Waals surface area contributed by atoms with Gasteiger partial charge in [0.1, 0.15) is 6.07 Å². The predicted molar refractivity (Wildman–Crippen MR) is 74.9 cm³/mol. The number of halogens is 1. The highest BCUT2D eigenvalue weighted by Gasteiger charge is 2.18. The smallest absolute Gasteiger partial charge is 0.101 e. The van der Waals surface area contributed by atoms with Crippen LogP contribution >= 0.6 is 11.6 Å². The topological polar surface area (TPSA) is 62.9 Å². The second-order valence-corrected chi connectivity index (χ2v) is 5.07. The van der Waals surface area contributed by atoms with E-state index in [9.17, 15) is 0 Å². The minimum atomic E-state index is 0.402. The molecule has 2 rings (SSSR count). The van der Waals surface area contributed by atoms with Crippen LogP contribution in [0.15, 0.2) is 18.2 Å². The fourth-order valence-electron chi connectivity index (χ4n) is 2.27. The predicted octanol–water partition coefficient (Wildman–Crippen LogP) is 2.61. The number of likely N-dealkylation sites (tertiary alicyclic amines) is 1. The Hall–Kier alpha value is -1.75. The van der Waals surface area contributed by atoms with E-state index in [1.807, 2.05) is 12.1 Å². The lowest BCUT2D eigenvalue weighted by Crippen LogP contribution is -2.39. The monoisotopic (exact) mass is 274 g/mol. The Labute approximate surface area is 118 Å². The summed E-state index contributed by atoms with van der Waals surface area (Å²) in [7, 11) is 0. The third-order valence-corrected chi connectivity index (χ3v) is 3.65. The summed E-state index contributed by atoms with van der Waals surface area (Å²) in [4.78, 5) is 2.16. The van der Waals surface area contributed by atoms with Gasteiger partial charge in [-0.05, 0) is 31.0 Å². The van der Waals surface area contributed by atoms with Crippen LogP contribution in [-0.2, 0) is 0 Å². The molecule has 1 fully saturated rings. The van der Waals surface area contributed by atoms with Crippen LogP contribution in [0, 0.1) is 22.7 Å². The normalized spacial score (nSPS) is 16.6. The summed E-state index contributed by atoms with van der Waals surface area (Å²) in [5.74, 6) is 0. The second kappa shape index (κ2) is 6.43. The van der Waals surface area contributed by atoms with Gasteiger partial charge >= 0.3 is 0 Å². The first-order valence-electron chi connectivity index (χ1n) is 6.28. The molecular formula is C14H15ClN4. The van der Waals surface area contributed by atoms with Crippen LogP contribution in [0.25, 0.3) is 0 Å². The van der Waals surface area contributed by atoms with Gasteiger partial charge in [0.05, 0.1) is 23.2 Å². The van der Waals surface area contributed by atoms with E-state index in [1.54, 1.807) is 12.1 Å². The maximum atomic E-state index is 8.82. The van der Waals surface area contributed by atoms with Crippen LogP contribution in [0.5, 0.6) is 0 Å². The van der Waals surface area contributed by atoms with E-state index >= 15 is 0 Å². The van der Waals surface area contributed by atoms with E-state index in [0.29, 0.717) is 23.2 Å². The number of hydrogen-bond donors (Lipinski definition) is 1. The molecule has 0 saturated carbocycles. The van der Waals surface area contributed by atoms with E-state index in [2.05, 4.69) is 16.3 Å². The highest BCUT2D eigenvalue weighted by atomic mass is 35.5. The maximum Gasteiger partial charge on any atom is 0.101 e. The molecule has 0 amide bonds. The van der Waals surface area contributed by atoms with E-state index in [0.717, 1.165) is 31.6 Å². The average molecular weight is 275 g/mol. The van der Waals surface area contributed by atoms with Crippen molar-refractivity contribution in [3.05, 3.63) is 28.8 Å². The molecule has 0 aromatic heterocycles. The molecule has 1 N–H and O–H groups in total. The first kappa shape index (κ1) is 13.7. The largest absolute Gasteiger partial charge is 0.382 e. The molecule has 0 unspecified atom stereocenters. The van der Waals surface area contributed by atoms with Crippen LogP contribution in [-0.4, -0.2) is 30.6 Å². The number of nitriles is 2. The fraction of sp³-hybridized carbons (Fsp3) is 0.429. The summed E-state index contributed by atoms with van der Waals surface area (Å²) in [6.45, 7) is 2.39. The van der Waals surface area contributed by atoms with Gasteiger partial charge in [0.25, 0.3) is 0 Å². The zero-order chi connectivity index (χ0) is 13.7. The molecule has 4 nitrogen and oxygen atoms in total. The molecular weight excluding hydrogens is 260 g/mol. The molecule has 1 saturated heterocycles. The molecule has 0 bridgehead atoms. The highest BCUT2D eigenvalue weighted by molar-refractivity contribution is 6.32. The Balaban J connectivity index is 1.91. The molecule has 0 spiro atoms. The Morgan fingerprint density at radius 1 is 1.32 bits per heavy atom. The van der Waals surface area contributed by atoms with Crippen molar-refractivity contribution in [3.8, 4) is 12.1 Å². The molecule has 1 aromatic carbocycles. The van der Waals surface area contributed by atoms with Crippen molar-refractivity contribution < 1.29 is 0 Å². The Morgan fingerprint density at radius 3 is 2.63 bits per heavy atom. The molecule has 1 aliphatic heterocycles. The van der Waals surface area contributed by atoms with Crippen LogP contribution in [0.1, 0.15) is 18.4 Å². The molecule has 1 aliphatic rings. The number of piperidine rings is 1. The van der Waals surface area contributed by atoms with Gasteiger partial charge in [-0.25, -0.2) is 0 Å². The summed E-state index contributed by atoms with van der Waals surface area (Å²) in [5, 5.41) is 21.4. The van der Waals surface area contributed by atoms with Crippen molar-refractivity contribution in [2.45, 2.75) is 18.9 Å². The molecule has 0 atom stereocenters. The summed E-state index contributed by atoms with van der Waals surface area (Å²) in [5.41, 5.74) is 1.44. The summed E-state index contributed by atoms with van der Waals surface area (Å²) in [6, 6.07) is 10.0. The van der Waals surface area contributed by atoms with Crippen molar-refractivity contribution in [2.75, 3.05) is 25.0 Å². The van der Waals surface area contributed by atoms with Gasteiger partial charge in [-0.15, -0.1) is 0 Å². The third-order valence-electron chi connectivity index (χ3n) is 3.34. The van der Waals surface area contributed by atoms with Crippen LogP contribution in [0.3, 0.4) is 0 Å². The van der Waals surface area contributed by atoms with E-state index in [-0.39, 0.29) is 0 Å². The van der Waals surface area contributed by atoms with Crippen LogP contribution in [0.2, 0.25) is 5.02 Å². The SMILES string of the molecule is N#CCN1CCC(Nc2ccc(C#N)c(Cl)c2)CC1. The molecule has 19 heavy (non-hydrogen) atoms. The molecule has 5 heteroatoms. The lowest BCUT2D eigenvalue weighted by molar-refractivity contribution is 0.242. The Morgan fingerprint density at radius 2 is 2.05 bits per heavy atom. The van der Waals surface area contributed by atoms with Crippen LogP contribution in [0.4, 0.5) is 5.69 Å². The first-order chi connectivity index (χ1) is 9.22. The second-order valence-electron chi connectivity index (χ2n) is 4.66. The number of nitrogens with zero attached hydrogens (tertiary/aromatic N) is 3. The third kappa shape index (κ3) is 3.61. The average Bonchev–Trinajstić information content (AvgIpc) is 2.42. The summed E-state index contributed by atoms with van der Waals surface area (Å²) >= 11 is 6.00. The van der Waals surface area contributed by atoms with Crippen molar-refractivity contribution in [1.82, 2.24) is 4.90 Å². The van der Waals surface area contributed by atoms with E-state index in [1.165, 1.54) is 0 Å². The molecule has 1 heterocycles. The van der Waals surface area contributed by atoms with Crippen molar-refractivity contribution >= 4 is 17.3 Å². The zero-order valence-electron chi connectivity index (χ0n) is 10.6. The minimum absolute atomic E-state index is 0.402. The Bertz CT molecular complexity index is 521. The van der Waals surface area contributed by atoms with Crippen molar-refractivity contribution in [2.24, 2.45) is 0 Å². The summed E-state index contributed by atoms with van der Waals surface area (Å²) < 4.78 is 0. The number of anilines is 1. The van der Waals surface area contributed by atoms with Gasteiger partial charge in [0.2, 0.25) is 0 Å². The van der Waals surface area contributed by atoms with E-state index in [4.69, 9.17) is 22.1 Å². The van der Waals surface area contributed by atoms with Gasteiger partial charge < -0.3 is 5.32 Å². The van der Waals surface area contributed by atoms with Gasteiger partial charge in [-0.1, -0.05) is 11.6 Å². The van der Waals surface area contributed by atoms with Gasteiger partial charge in [0.15, 0.2) is 0 Å². The lowest BCUT2D eigenvalue weighted by atomic mass is 10.0. The van der Waals surface area contributed by atoms with Crippen LogP contribution < -0.4 is 5.32 Å². The number of nitrogens with one attached hydrogen (secondary N) is 1. The van der Waals surface area contributed by atoms with Gasteiger partial charge in [0, 0.05) is 24.8 Å². The Kier molecular flexibility index (Phi) is 4.63. The van der Waals surface area contributed by atoms with Gasteiger partial charge in [-0.3, -0.25) is 4.90 Å². The quantitative estimate of drug-likeness (QED) is 0.861. The molecule has 1 aromatic rings. The standard InChI is InChI=1S/C14H15ClN4/c15-14-9-13(2-1-11(14)10-17)18-12-3-6-19(7-4-12)8-5-16/h1-2,9,12,18H,3-4,6-8H2. The minimum Gasteiger partial charge on any atom is -0.382 e.